The molecule has 15 heteroatoms. The Hall–Kier alpha value is -3.53. The van der Waals surface area contributed by atoms with Crippen molar-refractivity contribution in [3.63, 3.8) is 0 Å². The van der Waals surface area contributed by atoms with E-state index in [2.05, 4.69) is 0 Å². The molecule has 3 N–H and O–H groups in total. The molecule has 2 aromatic carbocycles. The summed E-state index contributed by atoms with van der Waals surface area (Å²) in [6.45, 7) is 1.03. The van der Waals surface area contributed by atoms with E-state index in [1.54, 1.807) is 24.3 Å². The fraction of sp³-hybridized carbons (Fsp3) is 0.286. The van der Waals surface area contributed by atoms with E-state index in [1.165, 1.54) is 0 Å². The van der Waals surface area contributed by atoms with Crippen LogP contribution in [-0.2, 0) is 34.9 Å². The molecule has 0 aliphatic heterocycles. The first kappa shape index (κ1) is 27.1. The van der Waals surface area contributed by atoms with Crippen molar-refractivity contribution in [2.24, 2.45) is 0 Å². The molecule has 0 saturated heterocycles. The average Bonchev–Trinajstić information content (AvgIpc) is 3.09. The van der Waals surface area contributed by atoms with Crippen LogP contribution in [-0.4, -0.2) is 76.3 Å². The van der Waals surface area contributed by atoms with E-state index < -0.39 is 71.8 Å². The monoisotopic (exact) mass is 542 g/mol. The molecule has 13 nitrogen and oxygen atoms in total. The number of carboxylic acid groups (broad SMARTS) is 1. The Morgan fingerprint density at radius 3 is 1.69 bits per heavy atom. The van der Waals surface area contributed by atoms with Crippen molar-refractivity contribution >= 4 is 38.6 Å². The van der Waals surface area contributed by atoms with Crippen LogP contribution in [0.4, 0.5) is 4.79 Å². The van der Waals surface area contributed by atoms with Gasteiger partial charge in [0.15, 0.2) is 0 Å². The van der Waals surface area contributed by atoms with Gasteiger partial charge in [-0.25, -0.2) is 13.9 Å². The number of ether oxygens (including phenoxy) is 1. The Bertz CT molecular complexity index is 1380. The summed E-state index contributed by atoms with van der Waals surface area (Å²) in [5.74, 6) is -4.19. The lowest BCUT2D eigenvalue weighted by Gasteiger charge is -2.30. The molecule has 0 heterocycles. The fourth-order valence-corrected chi connectivity index (χ4v) is 5.60. The zero-order valence-corrected chi connectivity index (χ0v) is 20.5. The molecule has 36 heavy (non-hydrogen) atoms. The van der Waals surface area contributed by atoms with Crippen molar-refractivity contribution in [3.8, 4) is 11.1 Å². The highest BCUT2D eigenvalue weighted by Crippen LogP contribution is 2.44. The van der Waals surface area contributed by atoms with Crippen LogP contribution < -0.4 is 0 Å². The largest absolute Gasteiger partial charge is 0.480 e. The van der Waals surface area contributed by atoms with Gasteiger partial charge in [-0.1, -0.05) is 48.5 Å². The average molecular weight is 543 g/mol. The van der Waals surface area contributed by atoms with Crippen LogP contribution in [0.5, 0.6) is 0 Å². The van der Waals surface area contributed by atoms with E-state index in [-0.39, 0.29) is 0 Å². The first-order valence-electron chi connectivity index (χ1n) is 10.3. The first-order chi connectivity index (χ1) is 16.7. The minimum absolute atomic E-state index is 0.409. The molecular formula is C21H22N2O11S2. The number of nitrogens with zero attached hydrogens (tertiary/aromatic N) is 2. The summed E-state index contributed by atoms with van der Waals surface area (Å²) >= 11 is 0. The molecule has 0 spiro atoms. The Morgan fingerprint density at radius 1 is 0.833 bits per heavy atom. The highest BCUT2D eigenvalue weighted by molar-refractivity contribution is 7.84. The van der Waals surface area contributed by atoms with Gasteiger partial charge in [-0.3, -0.25) is 13.9 Å². The maximum Gasteiger partial charge on any atom is 0.426 e. The van der Waals surface area contributed by atoms with E-state index in [0.717, 1.165) is 29.2 Å². The molecule has 194 valence electrons. The molecule has 0 radical (unpaired) electrons. The molecule has 0 fully saturated rings. The summed E-state index contributed by atoms with van der Waals surface area (Å²) in [5, 5.41) is 9.08. The molecule has 2 aromatic rings. The number of carbonyl (C=O) groups excluding carboxylic acids is 2. The van der Waals surface area contributed by atoms with E-state index in [4.69, 9.17) is 9.84 Å². The van der Waals surface area contributed by atoms with Crippen molar-refractivity contribution in [2.45, 2.75) is 31.8 Å². The number of aliphatic carboxylic acids is 1. The van der Waals surface area contributed by atoms with Crippen molar-refractivity contribution in [3.05, 3.63) is 59.7 Å². The number of hydrogen-bond donors (Lipinski definition) is 3. The standard InChI is InChI=1S/C21H22N2O11S2/c1-12(19(24)22(35(28,29)30)13(2)20(25)26)23(36(31,32)33)21(27)34-11-18-16-9-5-3-7-14(16)15-8-4-6-10-17(15)18/h3-10,12-13,18H,11H2,1-2H3,(H,25,26)(H,28,29,30)(H,31,32,33)/t12-,13-/m1/s1. The molecule has 0 unspecified atom stereocenters. The number of fused-ring (bicyclic) bond motifs is 3. The summed E-state index contributed by atoms with van der Waals surface area (Å²) in [6.07, 6.45) is -1.72. The van der Waals surface area contributed by atoms with Crippen LogP contribution in [0.3, 0.4) is 0 Å². The lowest BCUT2D eigenvalue weighted by Crippen LogP contribution is -2.56. The molecule has 1 aliphatic carbocycles. The van der Waals surface area contributed by atoms with Crippen molar-refractivity contribution in [2.75, 3.05) is 6.61 Å². The van der Waals surface area contributed by atoms with Gasteiger partial charge >= 0.3 is 32.7 Å². The van der Waals surface area contributed by atoms with Gasteiger partial charge in [0, 0.05) is 5.92 Å². The number of benzene rings is 2. The predicted octanol–water partition coefficient (Wildman–Crippen LogP) is 1.53. The molecule has 0 saturated carbocycles. The molecule has 2 atom stereocenters. The summed E-state index contributed by atoms with van der Waals surface area (Å²) in [6, 6.07) is 9.97. The third-order valence-electron chi connectivity index (χ3n) is 5.65. The Kier molecular flexibility index (Phi) is 7.40. The Morgan fingerprint density at radius 2 is 1.28 bits per heavy atom. The lowest BCUT2D eigenvalue weighted by molar-refractivity contribution is -0.146. The number of carboxylic acids is 1. The number of hydrogen-bond acceptors (Lipinski definition) is 8. The summed E-state index contributed by atoms with van der Waals surface area (Å²) < 4.78 is 70.3. The highest BCUT2D eigenvalue weighted by atomic mass is 32.2. The number of amides is 2. The predicted molar refractivity (Wildman–Crippen MR) is 123 cm³/mol. The molecule has 1 aliphatic rings. The normalized spacial score (nSPS) is 14.8. The van der Waals surface area contributed by atoms with Gasteiger partial charge in [-0.05, 0) is 36.1 Å². The SMILES string of the molecule is C[C@H](C(=O)N([C@H](C)C(=O)O)S(=O)(=O)O)N(C(=O)OCC1c2ccccc2-c2ccccc21)S(=O)(=O)O. The van der Waals surface area contributed by atoms with Crippen molar-refractivity contribution < 1.29 is 50.2 Å². The number of carbonyl (C=O) groups is 3. The van der Waals surface area contributed by atoms with E-state index >= 15 is 0 Å². The molecule has 3 rings (SSSR count). The second-order valence-corrected chi connectivity index (χ2v) is 10.5. The first-order valence-corrected chi connectivity index (χ1v) is 13.1. The van der Waals surface area contributed by atoms with Crippen LogP contribution in [0.2, 0.25) is 0 Å². The van der Waals surface area contributed by atoms with Crippen LogP contribution in [0.25, 0.3) is 11.1 Å². The molecule has 0 bridgehead atoms. The summed E-state index contributed by atoms with van der Waals surface area (Å²) in [4.78, 5) is 36.7. The highest BCUT2D eigenvalue weighted by Gasteiger charge is 2.44. The lowest BCUT2D eigenvalue weighted by atomic mass is 9.98. The molecule has 0 aromatic heterocycles. The third-order valence-corrected chi connectivity index (χ3v) is 7.60. The van der Waals surface area contributed by atoms with Crippen LogP contribution in [0.15, 0.2) is 48.5 Å². The Balaban J connectivity index is 1.89. The summed E-state index contributed by atoms with van der Waals surface area (Å²) in [7, 11) is -11.0. The fourth-order valence-electron chi connectivity index (χ4n) is 4.00. The van der Waals surface area contributed by atoms with Gasteiger partial charge in [-0.2, -0.15) is 21.1 Å². The minimum Gasteiger partial charge on any atom is -0.480 e. The minimum atomic E-state index is -5.51. The quantitative estimate of drug-likeness (QED) is 0.409. The number of rotatable bonds is 8. The van der Waals surface area contributed by atoms with Gasteiger partial charge in [0.05, 0.1) is 0 Å². The maximum atomic E-state index is 12.8. The molecule has 2 amide bonds. The smallest absolute Gasteiger partial charge is 0.426 e. The van der Waals surface area contributed by atoms with E-state index in [0.29, 0.717) is 6.92 Å². The van der Waals surface area contributed by atoms with Gasteiger partial charge in [-0.15, -0.1) is 0 Å². The zero-order chi connectivity index (χ0) is 27.0. The third kappa shape index (κ3) is 5.18. The van der Waals surface area contributed by atoms with E-state index in [9.17, 15) is 40.3 Å². The second-order valence-electron chi connectivity index (χ2n) is 7.88. The van der Waals surface area contributed by atoms with Crippen molar-refractivity contribution in [1.82, 2.24) is 8.61 Å². The summed E-state index contributed by atoms with van der Waals surface area (Å²) in [5.41, 5.74) is 3.30. The van der Waals surface area contributed by atoms with Crippen molar-refractivity contribution in [1.29, 1.82) is 0 Å². The van der Waals surface area contributed by atoms with Gasteiger partial charge in [0.1, 0.15) is 18.7 Å². The second kappa shape index (κ2) is 9.85. The Labute approximate surface area is 206 Å². The van der Waals surface area contributed by atoms with Gasteiger partial charge in [0.25, 0.3) is 5.91 Å². The van der Waals surface area contributed by atoms with Crippen LogP contribution in [0.1, 0.15) is 30.9 Å². The topological polar surface area (TPSA) is 196 Å². The van der Waals surface area contributed by atoms with E-state index in [1.807, 2.05) is 24.3 Å². The maximum absolute atomic E-state index is 12.8. The van der Waals surface area contributed by atoms with Gasteiger partial charge < -0.3 is 9.84 Å². The zero-order valence-electron chi connectivity index (χ0n) is 18.9. The van der Waals surface area contributed by atoms with Crippen LogP contribution >= 0.6 is 0 Å². The van der Waals surface area contributed by atoms with Gasteiger partial charge in [0.2, 0.25) is 0 Å². The molecular weight excluding hydrogens is 520 g/mol. The van der Waals surface area contributed by atoms with Crippen LogP contribution in [0, 0.1) is 0 Å².